The van der Waals surface area contributed by atoms with E-state index in [1.165, 1.54) is 0 Å². The van der Waals surface area contributed by atoms with Crippen molar-refractivity contribution in [3.8, 4) is 0 Å². The van der Waals surface area contributed by atoms with Gasteiger partial charge in [-0.05, 0) is 0 Å². The molecule has 50 valence electrons. The molecule has 0 spiro atoms. The van der Waals surface area contributed by atoms with Crippen LogP contribution in [0, 0.1) is 58.9 Å². The van der Waals surface area contributed by atoms with E-state index in [2.05, 4.69) is 0 Å². The second kappa shape index (κ2) is 9.57. The van der Waals surface area contributed by atoms with Gasteiger partial charge >= 0.3 is 32.3 Å². The zero-order valence-corrected chi connectivity index (χ0v) is 13.0. The summed E-state index contributed by atoms with van der Waals surface area (Å²) in [5.41, 5.74) is 0. The third-order valence-corrected chi connectivity index (χ3v) is 0. The van der Waals surface area contributed by atoms with Crippen molar-refractivity contribution in [3.05, 3.63) is 0 Å². The largest absolute Gasteiger partial charge is 0 e. The SMILES string of the molecule is O=S(=O)([O-])[O-].[O]=[U+2]=[O].[U]. The van der Waals surface area contributed by atoms with Crippen LogP contribution < -0.4 is 0 Å². The molecule has 0 aliphatic rings. The standard InChI is InChI=1S/H2O4S.2O.2U/c1-5(2,3)4;;;;/h(H2,1,2,3,4);;;;/q;;;;+2/p-2. The quantitative estimate of drug-likeness (QED) is 0.244. The average Bonchev–Trinajstić information content (AvgIpc) is 1.27. The first-order valence-electron chi connectivity index (χ1n) is 1.07. The van der Waals surface area contributed by atoms with Gasteiger partial charge in [0.05, 0.1) is 0 Å². The molecule has 0 saturated heterocycles. The molecule has 0 unspecified atom stereocenters. The summed E-state index contributed by atoms with van der Waals surface area (Å²) in [5.74, 6) is 0. The molecule has 0 rings (SSSR count). The first kappa shape index (κ1) is 16.9. The second-order valence-electron chi connectivity index (χ2n) is 0.492. The maximum atomic E-state index is 8.58. The summed E-state index contributed by atoms with van der Waals surface area (Å²) in [7, 11) is -5.17. The van der Waals surface area contributed by atoms with Crippen molar-refractivity contribution in [2.24, 2.45) is 0 Å². The Bertz CT molecular complexity index is 151. The van der Waals surface area contributed by atoms with Gasteiger partial charge in [-0.2, -0.15) is 0 Å². The van der Waals surface area contributed by atoms with Crippen LogP contribution in [0.15, 0.2) is 0 Å². The van der Waals surface area contributed by atoms with E-state index >= 15 is 0 Å². The Kier molecular flexibility index (Phi) is 18.0. The third kappa shape index (κ3) is 222. The minimum Gasteiger partial charge on any atom is 0 e. The monoisotopic (exact) mass is 604 g/mol. The number of hydrogen-bond donors (Lipinski definition) is 0. The van der Waals surface area contributed by atoms with E-state index in [9.17, 15) is 0 Å². The fraction of sp³-hybridized carbons (Fsp3) is 0. The van der Waals surface area contributed by atoms with Crippen molar-refractivity contribution in [3.63, 3.8) is 0 Å². The van der Waals surface area contributed by atoms with Gasteiger partial charge in [0, 0.05) is 41.5 Å². The zero-order valence-electron chi connectivity index (χ0n) is 3.86. The molecule has 0 aromatic heterocycles. The molecular weight excluding hydrogens is 604 g/mol. The molecule has 0 aromatic rings. The van der Waals surface area contributed by atoms with E-state index in [0.717, 1.165) is 0 Å². The van der Waals surface area contributed by atoms with Crippen LogP contribution in [0.4, 0.5) is 0 Å². The van der Waals surface area contributed by atoms with Crippen LogP contribution >= 0.6 is 0 Å². The van der Waals surface area contributed by atoms with Crippen LogP contribution in [0.25, 0.3) is 0 Å². The minimum atomic E-state index is -5.17. The van der Waals surface area contributed by atoms with Gasteiger partial charge in [-0.1, -0.05) is 0 Å². The summed E-state index contributed by atoms with van der Waals surface area (Å²) in [4.78, 5) is 0. The van der Waals surface area contributed by atoms with Crippen LogP contribution in [-0.2, 0) is 14.9 Å². The Morgan fingerprint density at radius 1 is 1.11 bits per heavy atom. The molecule has 0 N–H and O–H groups in total. The smallest absolute Gasteiger partial charge is 0 e. The third-order valence-electron chi connectivity index (χ3n) is 0. The molecule has 9 heteroatoms. The topological polar surface area (TPSA) is 114 Å². The summed E-state index contributed by atoms with van der Waals surface area (Å²) < 4.78 is 51.3. The summed E-state index contributed by atoms with van der Waals surface area (Å²) in [5, 5.41) is 0. The summed E-state index contributed by atoms with van der Waals surface area (Å²) >= 11 is -2.51. The Labute approximate surface area is 90.0 Å². The molecule has 0 bridgehead atoms. The van der Waals surface area contributed by atoms with Gasteiger partial charge < -0.3 is 9.11 Å². The molecular formula is O6SU2. The normalized spacial score (nSPS) is 7.33. The van der Waals surface area contributed by atoms with E-state index in [0.29, 0.717) is 0 Å². The van der Waals surface area contributed by atoms with E-state index in [1.54, 1.807) is 0 Å². The molecule has 0 aromatic carbocycles. The molecule has 0 radical (unpaired) electrons. The van der Waals surface area contributed by atoms with Crippen molar-refractivity contribution in [2.45, 2.75) is 0 Å². The Balaban J connectivity index is -0.0000000800. The average molecular weight is 604 g/mol. The fourth-order valence-electron chi connectivity index (χ4n) is 0. The van der Waals surface area contributed by atoms with E-state index in [4.69, 9.17) is 22.0 Å². The van der Waals surface area contributed by atoms with E-state index < -0.39 is 38.2 Å². The van der Waals surface area contributed by atoms with Crippen molar-refractivity contribution >= 4 is 10.4 Å². The van der Waals surface area contributed by atoms with Crippen LogP contribution in [0.1, 0.15) is 0 Å². The maximum absolute atomic E-state index is 8.58. The zero-order chi connectivity index (χ0) is 7.21. The fourth-order valence-corrected chi connectivity index (χ4v) is 0. The van der Waals surface area contributed by atoms with Gasteiger partial charge in [-0.25, -0.2) is 0 Å². The van der Waals surface area contributed by atoms with Gasteiger partial charge in [0.2, 0.25) is 0 Å². The van der Waals surface area contributed by atoms with Crippen LogP contribution in [0.2, 0.25) is 0 Å². The van der Waals surface area contributed by atoms with Gasteiger partial charge in [-0.15, -0.1) is 0 Å². The predicted molar refractivity (Wildman–Crippen MR) is 11.8 cm³/mol. The van der Waals surface area contributed by atoms with Crippen molar-refractivity contribution in [2.75, 3.05) is 0 Å². The molecule has 6 nitrogen and oxygen atoms in total. The first-order chi connectivity index (χ1) is 3.41. The second-order valence-corrected chi connectivity index (χ2v) is 2.00. The Hall–Kier alpha value is 1.57. The van der Waals surface area contributed by atoms with Crippen LogP contribution in [-0.4, -0.2) is 17.5 Å². The van der Waals surface area contributed by atoms with Gasteiger partial charge in [0.25, 0.3) is 0 Å². The van der Waals surface area contributed by atoms with Crippen LogP contribution in [0.5, 0.6) is 0 Å². The van der Waals surface area contributed by atoms with Crippen LogP contribution in [0.3, 0.4) is 0 Å². The predicted octanol–water partition coefficient (Wildman–Crippen LogP) is -1.58. The van der Waals surface area contributed by atoms with Gasteiger partial charge in [-0.3, -0.25) is 8.42 Å². The molecule has 0 heterocycles. The number of hydrogen-bond acceptors (Lipinski definition) is 6. The number of rotatable bonds is 0. The van der Waals surface area contributed by atoms with E-state index in [-0.39, 0.29) is 31.1 Å². The van der Waals surface area contributed by atoms with Gasteiger partial charge in [0.1, 0.15) is 0 Å². The Morgan fingerprint density at radius 2 is 1.11 bits per heavy atom. The van der Waals surface area contributed by atoms with Crippen molar-refractivity contribution < 1.29 is 80.9 Å². The van der Waals surface area contributed by atoms with E-state index in [1.807, 2.05) is 0 Å². The molecule has 0 saturated carbocycles. The van der Waals surface area contributed by atoms with Gasteiger partial charge in [0.15, 0.2) is 0 Å². The first-order valence-corrected chi connectivity index (χ1v) is 5.81. The molecule has 9 heavy (non-hydrogen) atoms. The summed E-state index contributed by atoms with van der Waals surface area (Å²) in [6.07, 6.45) is 0. The molecule has 0 aliphatic carbocycles. The Morgan fingerprint density at radius 3 is 1.11 bits per heavy atom. The summed E-state index contributed by atoms with van der Waals surface area (Å²) in [6.45, 7) is 0. The van der Waals surface area contributed by atoms with Crippen molar-refractivity contribution in [1.29, 1.82) is 0 Å². The molecule has 0 atom stereocenters. The summed E-state index contributed by atoms with van der Waals surface area (Å²) in [6, 6.07) is 0. The van der Waals surface area contributed by atoms with Crippen molar-refractivity contribution in [1.82, 2.24) is 0 Å². The minimum absolute atomic E-state index is 0. The molecule has 0 amide bonds. The molecule has 0 aliphatic heterocycles. The maximum Gasteiger partial charge on any atom is 0 e. The molecule has 0 fully saturated rings.